The Hall–Kier alpha value is -4.09. The van der Waals surface area contributed by atoms with Crippen molar-refractivity contribution in [3.8, 4) is 21.7 Å². The fourth-order valence-corrected chi connectivity index (χ4v) is 5.96. The number of amides is 2. The monoisotopic (exact) mass is 575 g/mol. The molecule has 0 bridgehead atoms. The number of pyridine rings is 2. The first kappa shape index (κ1) is 28.4. The number of urea groups is 1. The van der Waals surface area contributed by atoms with Gasteiger partial charge in [0.1, 0.15) is 16.4 Å². The molecule has 1 aromatic carbocycles. The number of carboxylic acid groups (broad SMARTS) is 1. The fraction of sp³-hybridized carbons (Fsp3) is 0.367. The Labute approximate surface area is 241 Å². The van der Waals surface area contributed by atoms with Gasteiger partial charge < -0.3 is 20.1 Å². The van der Waals surface area contributed by atoms with Gasteiger partial charge in [-0.2, -0.15) is 0 Å². The lowest BCUT2D eigenvalue weighted by Gasteiger charge is -2.23. The van der Waals surface area contributed by atoms with Crippen LogP contribution >= 0.6 is 11.3 Å². The maximum Gasteiger partial charge on any atom is 0.341 e. The van der Waals surface area contributed by atoms with Crippen molar-refractivity contribution in [3.63, 3.8) is 0 Å². The number of nitrogens with one attached hydrogen (secondary N) is 2. The Kier molecular flexibility index (Phi) is 8.18. The largest absolute Gasteiger partial charge is 0.477 e. The number of carbonyl (C=O) groups is 2. The summed E-state index contributed by atoms with van der Waals surface area (Å²) in [6.45, 7) is 6.14. The van der Waals surface area contributed by atoms with Gasteiger partial charge in [-0.05, 0) is 55.9 Å². The van der Waals surface area contributed by atoms with E-state index in [0.717, 1.165) is 29.1 Å². The highest BCUT2D eigenvalue weighted by molar-refractivity contribution is 7.13. The van der Waals surface area contributed by atoms with E-state index in [4.69, 9.17) is 4.98 Å². The van der Waals surface area contributed by atoms with Gasteiger partial charge in [-0.1, -0.05) is 19.9 Å². The number of aromatic nitrogens is 3. The van der Waals surface area contributed by atoms with Crippen molar-refractivity contribution >= 4 is 40.1 Å². The number of thiazole rings is 1. The van der Waals surface area contributed by atoms with Crippen LogP contribution in [0.4, 0.5) is 10.6 Å². The maximum absolute atomic E-state index is 13.4. The van der Waals surface area contributed by atoms with Crippen molar-refractivity contribution in [2.75, 3.05) is 18.5 Å². The Morgan fingerprint density at radius 3 is 2.63 bits per heavy atom. The van der Waals surface area contributed by atoms with E-state index in [2.05, 4.69) is 21.0 Å². The highest BCUT2D eigenvalue weighted by Crippen LogP contribution is 2.43. The molecular weight excluding hydrogens is 542 g/mol. The molecule has 1 fully saturated rings. The third kappa shape index (κ3) is 6.01. The van der Waals surface area contributed by atoms with Crippen LogP contribution < -0.4 is 16.1 Å². The SMILES string of the molecule is CCNC(=O)Nc1cc(-c2nc(C3CC3)cs2)c(-c2ccc3c(c2)c(=O)c(C(=O)O)cn3C(CO)CC(C)C)cn1. The zero-order valence-corrected chi connectivity index (χ0v) is 24.0. The second-order valence-electron chi connectivity index (χ2n) is 10.7. The summed E-state index contributed by atoms with van der Waals surface area (Å²) in [7, 11) is 0. The van der Waals surface area contributed by atoms with E-state index in [1.807, 2.05) is 26.8 Å². The molecule has 1 atom stereocenters. The maximum atomic E-state index is 13.4. The summed E-state index contributed by atoms with van der Waals surface area (Å²) >= 11 is 1.51. The van der Waals surface area contributed by atoms with Gasteiger partial charge in [0.15, 0.2) is 0 Å². The minimum atomic E-state index is -1.32. The van der Waals surface area contributed by atoms with Crippen LogP contribution in [-0.4, -0.2) is 49.9 Å². The van der Waals surface area contributed by atoms with E-state index in [1.165, 1.54) is 17.5 Å². The molecule has 0 spiro atoms. The average Bonchev–Trinajstić information content (AvgIpc) is 3.68. The first-order chi connectivity index (χ1) is 19.7. The predicted molar refractivity (Wildman–Crippen MR) is 160 cm³/mol. The smallest absolute Gasteiger partial charge is 0.341 e. The van der Waals surface area contributed by atoms with Gasteiger partial charge >= 0.3 is 12.0 Å². The number of anilines is 1. The van der Waals surface area contributed by atoms with E-state index in [0.29, 0.717) is 41.3 Å². The second kappa shape index (κ2) is 11.8. The number of aliphatic hydroxyl groups is 1. The summed E-state index contributed by atoms with van der Waals surface area (Å²) in [4.78, 5) is 46.9. The molecule has 1 saturated carbocycles. The van der Waals surface area contributed by atoms with Crippen LogP contribution in [0.15, 0.2) is 46.8 Å². The fourth-order valence-electron chi connectivity index (χ4n) is 5.03. The zero-order valence-electron chi connectivity index (χ0n) is 23.2. The van der Waals surface area contributed by atoms with Crippen LogP contribution in [0.2, 0.25) is 0 Å². The molecule has 0 radical (unpaired) electrons. The lowest BCUT2D eigenvalue weighted by molar-refractivity contribution is 0.0694. The van der Waals surface area contributed by atoms with Gasteiger partial charge in [0.2, 0.25) is 5.43 Å². The number of benzene rings is 1. The number of aliphatic hydroxyl groups excluding tert-OH is 1. The topological polar surface area (TPSA) is 146 Å². The quantitative estimate of drug-likeness (QED) is 0.196. The van der Waals surface area contributed by atoms with Gasteiger partial charge in [-0.3, -0.25) is 10.1 Å². The number of aromatic carboxylic acids is 1. The lowest BCUT2D eigenvalue weighted by Crippen LogP contribution is -2.28. The first-order valence-electron chi connectivity index (χ1n) is 13.7. The van der Waals surface area contributed by atoms with Crippen molar-refractivity contribution < 1.29 is 19.8 Å². The molecule has 4 N–H and O–H groups in total. The van der Waals surface area contributed by atoms with E-state index in [-0.39, 0.29) is 29.5 Å². The Morgan fingerprint density at radius 2 is 1.98 bits per heavy atom. The number of rotatable bonds is 10. The first-order valence-corrected chi connectivity index (χ1v) is 14.6. The molecule has 0 saturated heterocycles. The highest BCUT2D eigenvalue weighted by atomic mass is 32.1. The molecule has 3 aromatic heterocycles. The second-order valence-corrected chi connectivity index (χ2v) is 11.6. The molecule has 41 heavy (non-hydrogen) atoms. The standard InChI is InChI=1S/C30H33N5O5S/c1-4-31-30(40)34-26-11-20(28-33-24(15-41-28)17-5-6-17)22(12-32-26)18-7-8-25-21(10-18)27(37)23(29(38)39)13-35(25)19(14-36)9-16(2)3/h7-8,10-13,15-17,19,36H,4-6,9,14H2,1-3H3,(H,38,39)(H2,31,32,34,40). The van der Waals surface area contributed by atoms with E-state index < -0.39 is 17.4 Å². The van der Waals surface area contributed by atoms with Gasteiger partial charge in [-0.25, -0.2) is 19.6 Å². The van der Waals surface area contributed by atoms with Gasteiger partial charge in [-0.15, -0.1) is 11.3 Å². The minimum absolute atomic E-state index is 0.196. The third-order valence-corrected chi connectivity index (χ3v) is 8.05. The molecule has 11 heteroatoms. The molecule has 3 heterocycles. The summed E-state index contributed by atoms with van der Waals surface area (Å²) < 4.78 is 1.70. The van der Waals surface area contributed by atoms with Crippen LogP contribution in [0.1, 0.15) is 68.0 Å². The molecule has 1 unspecified atom stereocenters. The molecule has 1 aliphatic carbocycles. The molecule has 214 valence electrons. The van der Waals surface area contributed by atoms with Crippen LogP contribution in [0.5, 0.6) is 0 Å². The lowest BCUT2D eigenvalue weighted by atomic mass is 9.98. The average molecular weight is 576 g/mol. The Balaban J connectivity index is 1.67. The normalized spacial score (nSPS) is 13.9. The number of hydrogen-bond acceptors (Lipinski definition) is 7. The number of carboxylic acids is 1. The third-order valence-electron chi connectivity index (χ3n) is 7.15. The van der Waals surface area contributed by atoms with Crippen LogP contribution in [0.3, 0.4) is 0 Å². The molecule has 1 aliphatic rings. The van der Waals surface area contributed by atoms with Crippen molar-refractivity contribution in [2.45, 2.75) is 52.0 Å². The van der Waals surface area contributed by atoms with Crippen LogP contribution in [-0.2, 0) is 0 Å². The molecule has 0 aliphatic heterocycles. The summed E-state index contributed by atoms with van der Waals surface area (Å²) in [5.74, 6) is -0.255. The predicted octanol–water partition coefficient (Wildman–Crippen LogP) is 5.48. The van der Waals surface area contributed by atoms with Crippen LogP contribution in [0, 0.1) is 5.92 Å². The number of fused-ring (bicyclic) bond motifs is 1. The van der Waals surface area contributed by atoms with E-state index >= 15 is 0 Å². The summed E-state index contributed by atoms with van der Waals surface area (Å²) in [6, 6.07) is 6.31. The molecule has 4 aromatic rings. The number of hydrogen-bond donors (Lipinski definition) is 4. The zero-order chi connectivity index (χ0) is 29.3. The van der Waals surface area contributed by atoms with Crippen molar-refractivity contribution in [2.24, 2.45) is 5.92 Å². The number of carbonyl (C=O) groups excluding carboxylic acids is 1. The van der Waals surface area contributed by atoms with Crippen molar-refractivity contribution in [1.29, 1.82) is 0 Å². The van der Waals surface area contributed by atoms with Crippen LogP contribution in [0.25, 0.3) is 32.6 Å². The molecule has 2 amide bonds. The Bertz CT molecular complexity index is 1670. The number of nitrogens with zero attached hydrogens (tertiary/aromatic N) is 3. The molecule has 10 nitrogen and oxygen atoms in total. The van der Waals surface area contributed by atoms with Gasteiger partial charge in [0, 0.05) is 46.7 Å². The van der Waals surface area contributed by atoms with Crippen molar-refractivity contribution in [1.82, 2.24) is 19.9 Å². The van der Waals surface area contributed by atoms with Crippen molar-refractivity contribution in [3.05, 3.63) is 63.5 Å². The summed E-state index contributed by atoms with van der Waals surface area (Å²) in [5.41, 5.74) is 2.72. The van der Waals surface area contributed by atoms with E-state index in [9.17, 15) is 24.6 Å². The Morgan fingerprint density at radius 1 is 1.20 bits per heavy atom. The van der Waals surface area contributed by atoms with Gasteiger partial charge in [0.05, 0.1) is 23.9 Å². The summed E-state index contributed by atoms with van der Waals surface area (Å²) in [5, 5.41) is 28.5. The van der Waals surface area contributed by atoms with Gasteiger partial charge in [0.25, 0.3) is 0 Å². The molecular formula is C30H33N5O5S. The minimum Gasteiger partial charge on any atom is -0.477 e. The highest BCUT2D eigenvalue weighted by Gasteiger charge is 2.27. The van der Waals surface area contributed by atoms with E-state index in [1.54, 1.807) is 29.0 Å². The molecule has 5 rings (SSSR count). The summed E-state index contributed by atoms with van der Waals surface area (Å²) in [6.07, 6.45) is 5.80.